The molecular weight excluding hydrogens is 346 g/mol. The lowest BCUT2D eigenvalue weighted by atomic mass is 10.2. The average Bonchev–Trinajstić information content (AvgIpc) is 3.34. The molecule has 0 spiro atoms. The summed E-state index contributed by atoms with van der Waals surface area (Å²) in [7, 11) is 0. The van der Waals surface area contributed by atoms with Gasteiger partial charge in [0.1, 0.15) is 12.7 Å². The Morgan fingerprint density at radius 1 is 1.08 bits per heavy atom. The number of thiazole rings is 1. The zero-order chi connectivity index (χ0) is 17.8. The molecule has 0 radical (unpaired) electrons. The van der Waals surface area contributed by atoms with Gasteiger partial charge in [-0.25, -0.2) is 4.98 Å². The third-order valence-corrected chi connectivity index (χ3v) is 5.11. The third-order valence-electron chi connectivity index (χ3n) is 4.02. The van der Waals surface area contributed by atoms with Crippen LogP contribution in [0.3, 0.4) is 0 Å². The van der Waals surface area contributed by atoms with Crippen LogP contribution < -0.4 is 5.32 Å². The number of fused-ring (bicyclic) bond motifs is 1. The van der Waals surface area contributed by atoms with Crippen LogP contribution in [0.2, 0.25) is 0 Å². The first-order valence-corrected chi connectivity index (χ1v) is 9.19. The molecule has 0 saturated carbocycles. The Bertz CT molecular complexity index is 992. The minimum absolute atomic E-state index is 0.0794. The Morgan fingerprint density at radius 3 is 2.77 bits per heavy atom. The Hall–Kier alpha value is -3.06. The van der Waals surface area contributed by atoms with Crippen LogP contribution in [0.5, 0.6) is 0 Å². The molecule has 2 aromatic heterocycles. The maximum atomic E-state index is 12.4. The van der Waals surface area contributed by atoms with Crippen LogP contribution in [0.15, 0.2) is 61.2 Å². The van der Waals surface area contributed by atoms with Crippen LogP contribution in [0.1, 0.15) is 21.8 Å². The highest BCUT2D eigenvalue weighted by atomic mass is 32.1. The van der Waals surface area contributed by atoms with E-state index in [0.29, 0.717) is 12.1 Å². The molecule has 0 aliphatic carbocycles. The molecule has 0 bridgehead atoms. The molecule has 0 aliphatic heterocycles. The van der Waals surface area contributed by atoms with Gasteiger partial charge in [0.15, 0.2) is 0 Å². The number of nitrogens with zero attached hydrogens (tertiary/aromatic N) is 4. The van der Waals surface area contributed by atoms with E-state index in [1.54, 1.807) is 34.6 Å². The quantitative estimate of drug-likeness (QED) is 0.534. The monoisotopic (exact) mass is 363 g/mol. The molecule has 1 amide bonds. The number of rotatable bonds is 6. The highest BCUT2D eigenvalue weighted by molar-refractivity contribution is 7.18. The van der Waals surface area contributed by atoms with Crippen LogP contribution in [0.4, 0.5) is 0 Å². The van der Waals surface area contributed by atoms with Crippen molar-refractivity contribution in [3.8, 4) is 5.69 Å². The maximum absolute atomic E-state index is 12.4. The summed E-state index contributed by atoms with van der Waals surface area (Å²) in [6.45, 7) is 0.617. The Balaban J connectivity index is 1.32. The van der Waals surface area contributed by atoms with E-state index >= 15 is 0 Å². The van der Waals surface area contributed by atoms with E-state index in [4.69, 9.17) is 0 Å². The molecule has 0 atom stereocenters. The van der Waals surface area contributed by atoms with Gasteiger partial charge in [-0.05, 0) is 36.8 Å². The second-order valence-corrected chi connectivity index (χ2v) is 6.97. The number of aryl methyl sites for hydroxylation is 1. The second-order valence-electron chi connectivity index (χ2n) is 5.85. The van der Waals surface area contributed by atoms with Gasteiger partial charge in [-0.2, -0.15) is 0 Å². The highest BCUT2D eigenvalue weighted by Crippen LogP contribution is 2.22. The first-order valence-electron chi connectivity index (χ1n) is 8.37. The van der Waals surface area contributed by atoms with Crippen molar-refractivity contribution in [1.29, 1.82) is 0 Å². The fourth-order valence-electron chi connectivity index (χ4n) is 2.71. The van der Waals surface area contributed by atoms with Gasteiger partial charge in [0.25, 0.3) is 5.91 Å². The summed E-state index contributed by atoms with van der Waals surface area (Å²) in [6, 6.07) is 15.5. The van der Waals surface area contributed by atoms with E-state index in [9.17, 15) is 4.79 Å². The molecule has 130 valence electrons. The van der Waals surface area contributed by atoms with Gasteiger partial charge in [0.05, 0.1) is 15.2 Å². The van der Waals surface area contributed by atoms with Crippen molar-refractivity contribution in [3.63, 3.8) is 0 Å². The molecule has 2 aromatic carbocycles. The van der Waals surface area contributed by atoms with Crippen molar-refractivity contribution in [3.05, 3.63) is 71.8 Å². The van der Waals surface area contributed by atoms with Crippen LogP contribution in [0, 0.1) is 0 Å². The molecule has 4 rings (SSSR count). The maximum Gasteiger partial charge on any atom is 0.251 e. The normalized spacial score (nSPS) is 10.9. The molecule has 7 heteroatoms. The lowest BCUT2D eigenvalue weighted by molar-refractivity contribution is 0.0953. The minimum Gasteiger partial charge on any atom is -0.352 e. The van der Waals surface area contributed by atoms with Crippen molar-refractivity contribution in [2.75, 3.05) is 6.54 Å². The van der Waals surface area contributed by atoms with E-state index < -0.39 is 0 Å². The van der Waals surface area contributed by atoms with E-state index in [2.05, 4.69) is 26.6 Å². The van der Waals surface area contributed by atoms with Crippen LogP contribution in [-0.2, 0) is 6.42 Å². The molecular formula is C19H17N5OS. The fourth-order valence-corrected chi connectivity index (χ4v) is 3.72. The third kappa shape index (κ3) is 3.62. The van der Waals surface area contributed by atoms with E-state index in [0.717, 1.165) is 29.1 Å². The smallest absolute Gasteiger partial charge is 0.251 e. The summed E-state index contributed by atoms with van der Waals surface area (Å²) in [5.41, 5.74) is 2.52. The summed E-state index contributed by atoms with van der Waals surface area (Å²) < 4.78 is 2.97. The number of hydrogen-bond donors (Lipinski definition) is 1. The average molecular weight is 363 g/mol. The highest BCUT2D eigenvalue weighted by Gasteiger charge is 2.07. The molecule has 0 aliphatic rings. The van der Waals surface area contributed by atoms with Crippen LogP contribution >= 0.6 is 11.3 Å². The topological polar surface area (TPSA) is 72.7 Å². The summed E-state index contributed by atoms with van der Waals surface area (Å²) in [5, 5.41) is 11.7. The number of carbonyl (C=O) groups excluding carboxylic acids is 1. The van der Waals surface area contributed by atoms with Crippen molar-refractivity contribution in [2.24, 2.45) is 0 Å². The number of carbonyl (C=O) groups is 1. The summed E-state index contributed by atoms with van der Waals surface area (Å²) >= 11 is 1.71. The van der Waals surface area contributed by atoms with Crippen LogP contribution in [-0.4, -0.2) is 32.2 Å². The van der Waals surface area contributed by atoms with Gasteiger partial charge in [0.2, 0.25) is 0 Å². The van der Waals surface area contributed by atoms with E-state index in [1.165, 1.54) is 4.70 Å². The molecule has 1 N–H and O–H groups in total. The number of aromatic nitrogens is 4. The number of hydrogen-bond acceptors (Lipinski definition) is 5. The lowest BCUT2D eigenvalue weighted by Gasteiger charge is -2.07. The number of para-hydroxylation sites is 1. The van der Waals surface area contributed by atoms with Crippen molar-refractivity contribution < 1.29 is 4.79 Å². The molecule has 4 aromatic rings. The Labute approximate surface area is 154 Å². The summed E-state index contributed by atoms with van der Waals surface area (Å²) in [5.74, 6) is -0.0794. The lowest BCUT2D eigenvalue weighted by Crippen LogP contribution is -2.24. The van der Waals surface area contributed by atoms with Crippen LogP contribution in [0.25, 0.3) is 15.9 Å². The molecule has 6 nitrogen and oxygen atoms in total. The Kier molecular flexibility index (Phi) is 4.70. The molecule has 0 unspecified atom stereocenters. The standard InChI is InChI=1S/C19H17N5OS/c25-19(14-5-3-6-15(11-14)24-12-21-22-13-24)20-10-4-9-18-23-16-7-1-2-8-17(16)26-18/h1-3,5-8,11-13H,4,9-10H2,(H,20,25). The van der Waals surface area contributed by atoms with E-state index in [1.807, 2.05) is 36.4 Å². The first-order chi connectivity index (χ1) is 12.8. The van der Waals surface area contributed by atoms with Crippen molar-refractivity contribution in [2.45, 2.75) is 12.8 Å². The van der Waals surface area contributed by atoms with E-state index in [-0.39, 0.29) is 5.91 Å². The fraction of sp³-hybridized carbons (Fsp3) is 0.158. The zero-order valence-corrected chi connectivity index (χ0v) is 14.8. The predicted molar refractivity (Wildman–Crippen MR) is 102 cm³/mol. The van der Waals surface area contributed by atoms with Gasteiger partial charge in [-0.1, -0.05) is 18.2 Å². The zero-order valence-electron chi connectivity index (χ0n) is 14.0. The van der Waals surface area contributed by atoms with Crippen molar-refractivity contribution in [1.82, 2.24) is 25.1 Å². The summed E-state index contributed by atoms with van der Waals surface area (Å²) in [4.78, 5) is 17.0. The van der Waals surface area contributed by atoms with Crippen molar-refractivity contribution >= 4 is 27.5 Å². The summed E-state index contributed by atoms with van der Waals surface area (Å²) in [6.07, 6.45) is 4.93. The second kappa shape index (κ2) is 7.45. The largest absolute Gasteiger partial charge is 0.352 e. The van der Waals surface area contributed by atoms with Gasteiger partial charge in [-0.15, -0.1) is 21.5 Å². The number of benzene rings is 2. The van der Waals surface area contributed by atoms with Gasteiger partial charge in [-0.3, -0.25) is 9.36 Å². The van der Waals surface area contributed by atoms with Gasteiger partial charge < -0.3 is 5.32 Å². The van der Waals surface area contributed by atoms with Gasteiger partial charge >= 0.3 is 0 Å². The number of nitrogens with one attached hydrogen (secondary N) is 1. The molecule has 2 heterocycles. The molecule has 26 heavy (non-hydrogen) atoms. The SMILES string of the molecule is O=C(NCCCc1nc2ccccc2s1)c1cccc(-n2cnnc2)c1. The van der Waals surface area contributed by atoms with Gasteiger partial charge in [0, 0.05) is 24.2 Å². The molecule has 0 saturated heterocycles. The number of amides is 1. The molecule has 0 fully saturated rings. The Morgan fingerprint density at radius 2 is 1.92 bits per heavy atom. The predicted octanol–water partition coefficient (Wildman–Crippen LogP) is 3.24. The minimum atomic E-state index is -0.0794. The first kappa shape index (κ1) is 16.4.